The van der Waals surface area contributed by atoms with Crippen molar-refractivity contribution in [2.75, 3.05) is 13.6 Å². The lowest BCUT2D eigenvalue weighted by atomic mass is 10.2. The van der Waals surface area contributed by atoms with E-state index in [2.05, 4.69) is 47.6 Å². The number of nitrogens with zero attached hydrogens (tertiary/aromatic N) is 2. The van der Waals surface area contributed by atoms with Crippen molar-refractivity contribution in [3.8, 4) is 10.6 Å². The first kappa shape index (κ1) is 13.2. The maximum absolute atomic E-state index is 4.73. The van der Waals surface area contributed by atoms with Crippen LogP contribution in [0.2, 0.25) is 0 Å². The highest BCUT2D eigenvalue weighted by Gasteiger charge is 2.07. The van der Waals surface area contributed by atoms with E-state index in [1.54, 1.807) is 11.3 Å². The van der Waals surface area contributed by atoms with E-state index in [1.165, 1.54) is 15.1 Å². The molecule has 3 rings (SSSR count). The van der Waals surface area contributed by atoms with Crippen LogP contribution in [0.4, 0.5) is 0 Å². The molecule has 1 N–H and O–H groups in total. The zero-order valence-corrected chi connectivity index (χ0v) is 12.5. The quantitative estimate of drug-likeness (QED) is 0.750. The highest BCUT2D eigenvalue weighted by Crippen LogP contribution is 2.29. The number of hydrogen-bond acceptors (Lipinski definition) is 4. The van der Waals surface area contributed by atoms with Gasteiger partial charge in [-0.15, -0.1) is 11.3 Å². The van der Waals surface area contributed by atoms with Gasteiger partial charge in [-0.1, -0.05) is 6.07 Å². The third-order valence-electron chi connectivity index (χ3n) is 3.15. The maximum Gasteiger partial charge on any atom is 0.0811 e. The molecule has 1 aliphatic carbocycles. The van der Waals surface area contributed by atoms with Gasteiger partial charge in [-0.05, 0) is 49.9 Å². The SMILES string of the molecule is CC/N=c1\ccc2nc3ccc(CNC)cc3sc-2c1. The van der Waals surface area contributed by atoms with Crippen LogP contribution < -0.4 is 10.7 Å². The van der Waals surface area contributed by atoms with Gasteiger partial charge in [0.2, 0.25) is 0 Å². The summed E-state index contributed by atoms with van der Waals surface area (Å²) in [4.78, 5) is 10.4. The molecule has 0 unspecified atom stereocenters. The number of rotatable bonds is 3. The van der Waals surface area contributed by atoms with Crippen molar-refractivity contribution in [1.29, 1.82) is 0 Å². The summed E-state index contributed by atoms with van der Waals surface area (Å²) >= 11 is 1.78. The number of aromatic nitrogens is 1. The van der Waals surface area contributed by atoms with Crippen LogP contribution in [0.5, 0.6) is 0 Å². The molecule has 0 aromatic heterocycles. The summed E-state index contributed by atoms with van der Waals surface area (Å²) in [5.74, 6) is 0. The van der Waals surface area contributed by atoms with E-state index in [-0.39, 0.29) is 0 Å². The molecule has 0 bridgehead atoms. The van der Waals surface area contributed by atoms with E-state index in [0.29, 0.717) is 0 Å². The Balaban J connectivity index is 2.20. The number of hydrogen-bond donors (Lipinski definition) is 1. The first-order valence-electron chi connectivity index (χ1n) is 6.79. The van der Waals surface area contributed by atoms with Gasteiger partial charge in [0.1, 0.15) is 0 Å². The minimum absolute atomic E-state index is 0.809. The number of benzene rings is 2. The topological polar surface area (TPSA) is 37.3 Å². The van der Waals surface area contributed by atoms with Crippen LogP contribution in [0.1, 0.15) is 12.5 Å². The van der Waals surface area contributed by atoms with Gasteiger partial charge in [-0.2, -0.15) is 0 Å². The second-order valence-corrected chi connectivity index (χ2v) is 5.76. The van der Waals surface area contributed by atoms with E-state index in [9.17, 15) is 0 Å². The van der Waals surface area contributed by atoms with Crippen molar-refractivity contribution < 1.29 is 0 Å². The molecule has 2 aliphatic rings. The van der Waals surface area contributed by atoms with Gasteiger partial charge in [0.15, 0.2) is 0 Å². The van der Waals surface area contributed by atoms with Crippen molar-refractivity contribution in [2.24, 2.45) is 4.99 Å². The van der Waals surface area contributed by atoms with Crippen molar-refractivity contribution in [3.05, 3.63) is 47.3 Å². The smallest absolute Gasteiger partial charge is 0.0811 e. The molecule has 20 heavy (non-hydrogen) atoms. The van der Waals surface area contributed by atoms with Crippen molar-refractivity contribution >= 4 is 21.6 Å². The van der Waals surface area contributed by atoms with Crippen molar-refractivity contribution in [3.63, 3.8) is 0 Å². The summed E-state index contributed by atoms with van der Waals surface area (Å²) in [5, 5.41) is 4.21. The first-order valence-corrected chi connectivity index (χ1v) is 7.60. The lowest BCUT2D eigenvalue weighted by molar-refractivity contribution is 0.819. The summed E-state index contributed by atoms with van der Waals surface area (Å²) in [5.41, 5.74) is 3.38. The maximum atomic E-state index is 4.73. The first-order chi connectivity index (χ1) is 9.80. The van der Waals surface area contributed by atoms with Crippen LogP contribution in [0.3, 0.4) is 0 Å². The summed E-state index contributed by atoms with van der Waals surface area (Å²) in [7, 11) is 1.96. The average molecular weight is 283 g/mol. The molecule has 1 heterocycles. The largest absolute Gasteiger partial charge is 0.316 e. The minimum atomic E-state index is 0.809. The summed E-state index contributed by atoms with van der Waals surface area (Å²) in [6.07, 6.45) is 0. The van der Waals surface area contributed by atoms with E-state index in [4.69, 9.17) is 4.98 Å². The normalized spacial score (nSPS) is 12.4. The Morgan fingerprint density at radius 1 is 1.20 bits per heavy atom. The average Bonchev–Trinajstić information content (AvgIpc) is 2.46. The summed E-state index contributed by atoms with van der Waals surface area (Å²) in [6, 6.07) is 12.7. The van der Waals surface area contributed by atoms with Gasteiger partial charge in [0, 0.05) is 13.1 Å². The standard InChI is InChI=1S/C16H17N3S/c1-3-18-12-5-7-14-16(9-12)20-15-8-11(10-17-2)4-6-13(15)19-14/h4-9,17H,3,10H2,1-2H3/b18-12+. The lowest BCUT2D eigenvalue weighted by Crippen LogP contribution is -2.05. The predicted molar refractivity (Wildman–Crippen MR) is 85.1 cm³/mol. The minimum Gasteiger partial charge on any atom is -0.316 e. The second kappa shape index (κ2) is 5.69. The van der Waals surface area contributed by atoms with Gasteiger partial charge in [-0.25, -0.2) is 4.98 Å². The van der Waals surface area contributed by atoms with Crippen LogP contribution in [-0.4, -0.2) is 18.6 Å². The van der Waals surface area contributed by atoms with Gasteiger partial charge in [0.25, 0.3) is 0 Å². The molecule has 3 nitrogen and oxygen atoms in total. The zero-order chi connectivity index (χ0) is 13.9. The van der Waals surface area contributed by atoms with E-state index >= 15 is 0 Å². The molecule has 4 heteroatoms. The monoisotopic (exact) mass is 283 g/mol. The van der Waals surface area contributed by atoms with Crippen LogP contribution in [0, 0.1) is 0 Å². The van der Waals surface area contributed by atoms with Crippen LogP contribution in [0.15, 0.2) is 41.4 Å². The Bertz CT molecular complexity index is 776. The molecule has 1 aromatic rings. The van der Waals surface area contributed by atoms with E-state index in [1.807, 2.05) is 13.1 Å². The number of nitrogens with one attached hydrogen (secondary N) is 1. The molecule has 0 saturated heterocycles. The molecule has 102 valence electrons. The molecule has 0 atom stereocenters. The van der Waals surface area contributed by atoms with Crippen molar-refractivity contribution in [1.82, 2.24) is 10.3 Å². The highest BCUT2D eigenvalue weighted by molar-refractivity contribution is 7.21. The molecule has 1 aliphatic heterocycles. The van der Waals surface area contributed by atoms with Crippen LogP contribution in [0.25, 0.3) is 20.8 Å². The Morgan fingerprint density at radius 2 is 2.10 bits per heavy atom. The fraction of sp³-hybridized carbons (Fsp3) is 0.250. The van der Waals surface area contributed by atoms with Gasteiger partial charge in [-0.3, -0.25) is 4.99 Å². The van der Waals surface area contributed by atoms with Crippen LogP contribution in [-0.2, 0) is 6.54 Å². The Hall–Kier alpha value is -1.78. The predicted octanol–water partition coefficient (Wildman–Crippen LogP) is 3.04. The van der Waals surface area contributed by atoms with Gasteiger partial charge < -0.3 is 5.32 Å². The number of fused-ring (bicyclic) bond motifs is 2. The molecule has 0 saturated carbocycles. The fourth-order valence-corrected chi connectivity index (χ4v) is 3.32. The second-order valence-electron chi connectivity index (χ2n) is 4.67. The zero-order valence-electron chi connectivity index (χ0n) is 11.7. The molecule has 0 spiro atoms. The molecular formula is C16H17N3S. The summed E-state index contributed by atoms with van der Waals surface area (Å²) in [6.45, 7) is 3.74. The third-order valence-corrected chi connectivity index (χ3v) is 4.24. The third kappa shape index (κ3) is 2.57. The fourth-order valence-electron chi connectivity index (χ4n) is 2.25. The van der Waals surface area contributed by atoms with E-state index < -0.39 is 0 Å². The Kier molecular flexibility index (Phi) is 3.76. The molecule has 0 fully saturated rings. The molecular weight excluding hydrogens is 266 g/mol. The Labute approximate surface area is 122 Å². The van der Waals surface area contributed by atoms with E-state index in [0.717, 1.165) is 29.7 Å². The lowest BCUT2D eigenvalue weighted by Gasteiger charge is -2.07. The van der Waals surface area contributed by atoms with Crippen molar-refractivity contribution in [2.45, 2.75) is 13.5 Å². The molecule has 0 radical (unpaired) electrons. The molecule has 1 aromatic carbocycles. The molecule has 0 amide bonds. The van der Waals surface area contributed by atoms with Gasteiger partial charge >= 0.3 is 0 Å². The van der Waals surface area contributed by atoms with Crippen LogP contribution >= 0.6 is 11.3 Å². The highest BCUT2D eigenvalue weighted by atomic mass is 32.1. The summed E-state index contributed by atoms with van der Waals surface area (Å²) < 4.78 is 1.22. The Morgan fingerprint density at radius 3 is 2.90 bits per heavy atom. The van der Waals surface area contributed by atoms with Gasteiger partial charge in [0.05, 0.1) is 26.1 Å².